The van der Waals surface area contributed by atoms with Gasteiger partial charge in [-0.15, -0.1) is 0 Å². The molecule has 114 valence electrons. The topological polar surface area (TPSA) is 15.3 Å². The van der Waals surface area contributed by atoms with E-state index in [2.05, 4.69) is 44.8 Å². The molecule has 0 spiro atoms. The lowest BCUT2D eigenvalue weighted by atomic mass is 9.83. The minimum Gasteiger partial charge on any atom is -0.311 e. The molecule has 1 rings (SSSR count). The lowest BCUT2D eigenvalue weighted by Gasteiger charge is -2.46. The van der Waals surface area contributed by atoms with Crippen LogP contribution in [0.25, 0.3) is 0 Å². The molecule has 0 aromatic rings. The monoisotopic (exact) mass is 268 g/mol. The predicted molar refractivity (Wildman–Crippen MR) is 85.7 cm³/mol. The fourth-order valence-electron chi connectivity index (χ4n) is 3.18. The summed E-state index contributed by atoms with van der Waals surface area (Å²) in [4.78, 5) is 2.76. The number of piperazine rings is 1. The van der Waals surface area contributed by atoms with Crippen LogP contribution in [0, 0.1) is 5.41 Å². The Kier molecular flexibility index (Phi) is 7.38. The van der Waals surface area contributed by atoms with Crippen molar-refractivity contribution in [3.63, 3.8) is 0 Å². The third-order valence-corrected chi connectivity index (χ3v) is 4.54. The molecule has 1 aliphatic heterocycles. The van der Waals surface area contributed by atoms with Crippen LogP contribution in [0.1, 0.15) is 73.1 Å². The molecule has 0 saturated carbocycles. The van der Waals surface area contributed by atoms with Gasteiger partial charge in [0, 0.05) is 25.2 Å². The molecule has 0 aliphatic carbocycles. The van der Waals surface area contributed by atoms with Crippen molar-refractivity contribution < 1.29 is 0 Å². The molecule has 2 unspecified atom stereocenters. The van der Waals surface area contributed by atoms with Gasteiger partial charge in [-0.3, -0.25) is 4.90 Å². The Morgan fingerprint density at radius 2 is 1.74 bits per heavy atom. The van der Waals surface area contributed by atoms with Crippen molar-refractivity contribution >= 4 is 0 Å². The molecule has 1 saturated heterocycles. The van der Waals surface area contributed by atoms with Gasteiger partial charge in [-0.05, 0) is 24.8 Å². The van der Waals surface area contributed by atoms with Crippen molar-refractivity contribution in [2.45, 2.75) is 85.2 Å². The minimum absolute atomic E-state index is 0.384. The van der Waals surface area contributed by atoms with E-state index in [0.717, 1.165) is 6.54 Å². The highest BCUT2D eigenvalue weighted by molar-refractivity contribution is 4.91. The summed E-state index contributed by atoms with van der Waals surface area (Å²) in [6.45, 7) is 15.4. The van der Waals surface area contributed by atoms with Gasteiger partial charge >= 0.3 is 0 Å². The Labute approximate surface area is 121 Å². The van der Waals surface area contributed by atoms with Gasteiger partial charge in [-0.2, -0.15) is 0 Å². The highest BCUT2D eigenvalue weighted by Gasteiger charge is 2.34. The Morgan fingerprint density at radius 3 is 2.32 bits per heavy atom. The van der Waals surface area contributed by atoms with E-state index in [9.17, 15) is 0 Å². The fraction of sp³-hybridized carbons (Fsp3) is 1.00. The van der Waals surface area contributed by atoms with Crippen LogP contribution in [0.5, 0.6) is 0 Å². The van der Waals surface area contributed by atoms with Crippen molar-refractivity contribution in [2.75, 3.05) is 19.6 Å². The summed E-state index contributed by atoms with van der Waals surface area (Å²) in [5, 5.41) is 3.72. The first-order chi connectivity index (χ1) is 8.99. The molecule has 19 heavy (non-hydrogen) atoms. The summed E-state index contributed by atoms with van der Waals surface area (Å²) < 4.78 is 0. The Bertz CT molecular complexity index is 232. The molecule has 0 amide bonds. The van der Waals surface area contributed by atoms with Gasteiger partial charge in [0.1, 0.15) is 0 Å². The highest BCUT2D eigenvalue weighted by Crippen LogP contribution is 2.27. The molecule has 2 atom stereocenters. The molecular formula is C17H36N2. The number of hydrogen-bond donors (Lipinski definition) is 1. The maximum atomic E-state index is 3.72. The summed E-state index contributed by atoms with van der Waals surface area (Å²) in [7, 11) is 0. The molecule has 1 aliphatic rings. The normalized spacial score (nSPS) is 25.7. The van der Waals surface area contributed by atoms with E-state index in [1.165, 1.54) is 51.6 Å². The van der Waals surface area contributed by atoms with E-state index >= 15 is 0 Å². The smallest absolute Gasteiger partial charge is 0.0269 e. The van der Waals surface area contributed by atoms with Crippen molar-refractivity contribution in [3.8, 4) is 0 Å². The molecule has 0 aromatic carbocycles. The predicted octanol–water partition coefficient (Wildman–Crippen LogP) is 4.06. The number of rotatable bonds is 7. The van der Waals surface area contributed by atoms with Crippen molar-refractivity contribution in [3.05, 3.63) is 0 Å². The van der Waals surface area contributed by atoms with Crippen LogP contribution in [0.4, 0.5) is 0 Å². The first-order valence-corrected chi connectivity index (χ1v) is 8.46. The molecular weight excluding hydrogens is 232 g/mol. The first-order valence-electron chi connectivity index (χ1n) is 8.46. The zero-order chi connectivity index (χ0) is 14.3. The quantitative estimate of drug-likeness (QED) is 0.701. The molecule has 1 heterocycles. The first kappa shape index (κ1) is 17.0. The maximum absolute atomic E-state index is 3.72. The second kappa shape index (κ2) is 8.26. The molecule has 1 fully saturated rings. The average Bonchev–Trinajstić information content (AvgIpc) is 2.37. The van der Waals surface area contributed by atoms with Crippen molar-refractivity contribution in [1.29, 1.82) is 0 Å². The van der Waals surface area contributed by atoms with Gasteiger partial charge in [-0.1, -0.05) is 60.3 Å². The van der Waals surface area contributed by atoms with Gasteiger partial charge in [0.25, 0.3) is 0 Å². The summed E-state index contributed by atoms with van der Waals surface area (Å²) in [5.74, 6) is 0. The minimum atomic E-state index is 0.384. The zero-order valence-corrected chi connectivity index (χ0v) is 14.0. The number of hydrogen-bond acceptors (Lipinski definition) is 2. The van der Waals surface area contributed by atoms with E-state index in [1.807, 2.05) is 0 Å². The molecule has 0 radical (unpaired) electrons. The van der Waals surface area contributed by atoms with Gasteiger partial charge in [0.15, 0.2) is 0 Å². The van der Waals surface area contributed by atoms with Crippen LogP contribution < -0.4 is 5.32 Å². The second-order valence-electron chi connectivity index (χ2n) is 7.30. The van der Waals surface area contributed by atoms with Crippen LogP contribution >= 0.6 is 0 Å². The van der Waals surface area contributed by atoms with E-state index in [0.29, 0.717) is 17.5 Å². The van der Waals surface area contributed by atoms with E-state index < -0.39 is 0 Å². The largest absolute Gasteiger partial charge is 0.311 e. The zero-order valence-electron chi connectivity index (χ0n) is 14.0. The summed E-state index contributed by atoms with van der Waals surface area (Å²) >= 11 is 0. The van der Waals surface area contributed by atoms with Crippen molar-refractivity contribution in [1.82, 2.24) is 10.2 Å². The van der Waals surface area contributed by atoms with E-state index in [-0.39, 0.29) is 0 Å². The van der Waals surface area contributed by atoms with Crippen LogP contribution in [-0.4, -0.2) is 36.6 Å². The van der Waals surface area contributed by atoms with Crippen LogP contribution in [0.3, 0.4) is 0 Å². The van der Waals surface area contributed by atoms with Gasteiger partial charge in [0.2, 0.25) is 0 Å². The summed E-state index contributed by atoms with van der Waals surface area (Å²) in [6, 6.07) is 1.40. The third kappa shape index (κ3) is 5.83. The molecule has 0 aromatic heterocycles. The molecule has 2 heteroatoms. The Balaban J connectivity index is 2.42. The van der Waals surface area contributed by atoms with Crippen molar-refractivity contribution in [2.24, 2.45) is 5.41 Å². The van der Waals surface area contributed by atoms with E-state index in [1.54, 1.807) is 0 Å². The lowest BCUT2D eigenvalue weighted by molar-refractivity contribution is 0.0534. The molecule has 2 nitrogen and oxygen atoms in total. The van der Waals surface area contributed by atoms with Gasteiger partial charge in [0.05, 0.1) is 0 Å². The second-order valence-corrected chi connectivity index (χ2v) is 7.30. The number of unbranched alkanes of at least 4 members (excludes halogenated alkanes) is 4. The summed E-state index contributed by atoms with van der Waals surface area (Å²) in [6.07, 6.45) is 8.20. The van der Waals surface area contributed by atoms with Gasteiger partial charge < -0.3 is 5.32 Å². The number of nitrogens with one attached hydrogen (secondary N) is 1. The number of nitrogens with zero attached hydrogens (tertiary/aromatic N) is 1. The Hall–Kier alpha value is -0.0800. The molecule has 0 bridgehead atoms. The standard InChI is InChI=1S/C17H36N2/c1-6-8-9-10-11-12-19-14-15(7-2)18-13-16(19)17(3,4)5/h15-16,18H,6-14H2,1-5H3. The molecule has 1 N–H and O–H groups in total. The SMILES string of the molecule is CCCCCCCN1CC(CC)NCC1C(C)(C)C. The van der Waals surface area contributed by atoms with Gasteiger partial charge in [-0.25, -0.2) is 0 Å². The maximum Gasteiger partial charge on any atom is 0.0269 e. The van der Waals surface area contributed by atoms with Crippen LogP contribution in [-0.2, 0) is 0 Å². The highest BCUT2D eigenvalue weighted by atomic mass is 15.2. The lowest BCUT2D eigenvalue weighted by Crippen LogP contribution is -2.60. The average molecular weight is 268 g/mol. The summed E-state index contributed by atoms with van der Waals surface area (Å²) in [5.41, 5.74) is 0.384. The van der Waals surface area contributed by atoms with Crippen LogP contribution in [0.15, 0.2) is 0 Å². The van der Waals surface area contributed by atoms with E-state index in [4.69, 9.17) is 0 Å². The Morgan fingerprint density at radius 1 is 1.05 bits per heavy atom. The third-order valence-electron chi connectivity index (χ3n) is 4.54. The fourth-order valence-corrected chi connectivity index (χ4v) is 3.18. The van der Waals surface area contributed by atoms with Crippen LogP contribution in [0.2, 0.25) is 0 Å².